The molecular weight excluding hydrogens is 444 g/mol. The summed E-state index contributed by atoms with van der Waals surface area (Å²) in [6.07, 6.45) is 0. The van der Waals surface area contributed by atoms with Crippen LogP contribution < -0.4 is 9.64 Å². The summed E-state index contributed by atoms with van der Waals surface area (Å²) in [6.45, 7) is 3.77. The Balaban J connectivity index is 1.58. The highest BCUT2D eigenvalue weighted by Gasteiger charge is 2.49. The molecule has 0 radical (unpaired) electrons. The van der Waals surface area contributed by atoms with Crippen LogP contribution >= 0.6 is 23.4 Å². The second kappa shape index (κ2) is 8.24. The maximum atomic E-state index is 12.5. The van der Waals surface area contributed by atoms with E-state index < -0.39 is 15.7 Å². The van der Waals surface area contributed by atoms with Crippen LogP contribution in [0.5, 0.6) is 5.75 Å². The van der Waals surface area contributed by atoms with Crippen molar-refractivity contribution in [2.45, 2.75) is 25.1 Å². The minimum atomic E-state index is -3.11. The third-order valence-corrected chi connectivity index (χ3v) is 8.41. The molecule has 2 aliphatic heterocycles. The first-order valence-corrected chi connectivity index (χ1v) is 12.5. The number of benzene rings is 2. The highest BCUT2D eigenvalue weighted by molar-refractivity contribution is 8.16. The summed E-state index contributed by atoms with van der Waals surface area (Å²) in [4.78, 5) is 18.7. The van der Waals surface area contributed by atoms with Crippen molar-refractivity contribution < 1.29 is 17.9 Å². The number of amidine groups is 1. The minimum Gasteiger partial charge on any atom is -0.484 e. The molecule has 2 saturated heterocycles. The maximum absolute atomic E-state index is 12.5. The lowest BCUT2D eigenvalue weighted by Crippen LogP contribution is -2.38. The van der Waals surface area contributed by atoms with Gasteiger partial charge in [-0.2, -0.15) is 4.99 Å². The normalized spacial score (nSPS) is 23.6. The molecule has 2 aromatic rings. The van der Waals surface area contributed by atoms with E-state index in [4.69, 9.17) is 16.3 Å². The summed E-state index contributed by atoms with van der Waals surface area (Å²) in [6, 6.07) is 12.5. The summed E-state index contributed by atoms with van der Waals surface area (Å²) in [5.41, 5.74) is 2.99. The number of aryl methyl sites for hydroxylation is 2. The lowest BCUT2D eigenvalue weighted by Gasteiger charge is -2.25. The Morgan fingerprint density at radius 3 is 2.50 bits per heavy atom. The summed E-state index contributed by atoms with van der Waals surface area (Å²) in [5, 5.41) is 0.969. The van der Waals surface area contributed by atoms with Gasteiger partial charge in [-0.3, -0.25) is 4.79 Å². The average molecular weight is 465 g/mol. The molecule has 0 aliphatic carbocycles. The van der Waals surface area contributed by atoms with Crippen LogP contribution in [0, 0.1) is 13.8 Å². The Hall–Kier alpha value is -2.03. The van der Waals surface area contributed by atoms with Crippen LogP contribution in [-0.4, -0.2) is 48.9 Å². The van der Waals surface area contributed by atoms with Gasteiger partial charge in [0, 0.05) is 16.0 Å². The van der Waals surface area contributed by atoms with E-state index in [0.29, 0.717) is 15.9 Å². The van der Waals surface area contributed by atoms with Gasteiger partial charge < -0.3 is 9.64 Å². The zero-order valence-corrected chi connectivity index (χ0v) is 18.9. The number of hydrogen-bond donors (Lipinski definition) is 0. The molecule has 0 saturated carbocycles. The first-order chi connectivity index (χ1) is 14.2. The molecule has 2 fully saturated rings. The molecule has 0 unspecified atom stereocenters. The molecule has 0 spiro atoms. The largest absolute Gasteiger partial charge is 0.484 e. The lowest BCUT2D eigenvalue weighted by molar-refractivity contribution is -0.119. The van der Waals surface area contributed by atoms with Gasteiger partial charge in [0.1, 0.15) is 5.75 Å². The Bertz CT molecular complexity index is 1100. The van der Waals surface area contributed by atoms with Crippen LogP contribution in [0.15, 0.2) is 47.5 Å². The number of ether oxygens (including phenoxy) is 1. The Morgan fingerprint density at radius 1 is 1.17 bits per heavy atom. The van der Waals surface area contributed by atoms with Crippen molar-refractivity contribution >= 4 is 50.0 Å². The van der Waals surface area contributed by atoms with E-state index in [1.165, 1.54) is 11.8 Å². The van der Waals surface area contributed by atoms with Crippen molar-refractivity contribution in [2.24, 2.45) is 4.99 Å². The number of fused-ring (bicyclic) bond motifs is 1. The fraction of sp³-hybridized carbons (Fsp3) is 0.333. The smallest absolute Gasteiger partial charge is 0.285 e. The number of thioether (sulfide) groups is 1. The summed E-state index contributed by atoms with van der Waals surface area (Å²) >= 11 is 7.21. The highest BCUT2D eigenvalue weighted by atomic mass is 35.5. The van der Waals surface area contributed by atoms with E-state index in [0.717, 1.165) is 16.8 Å². The van der Waals surface area contributed by atoms with Gasteiger partial charge in [-0.15, -0.1) is 0 Å². The van der Waals surface area contributed by atoms with Crippen molar-refractivity contribution in [3.63, 3.8) is 0 Å². The SMILES string of the molecule is Cc1cc(C)cc(N2C(=NC(=O)COc3ccc(Cl)cc3)S[C@H]3CS(=O)(=O)C[C@H]32)c1. The van der Waals surface area contributed by atoms with E-state index in [9.17, 15) is 13.2 Å². The van der Waals surface area contributed by atoms with Gasteiger partial charge in [0.05, 0.1) is 17.5 Å². The minimum absolute atomic E-state index is 0.0616. The van der Waals surface area contributed by atoms with Gasteiger partial charge in [-0.1, -0.05) is 29.4 Å². The molecule has 0 aromatic heterocycles. The van der Waals surface area contributed by atoms with Crippen LogP contribution in [0.25, 0.3) is 0 Å². The highest BCUT2D eigenvalue weighted by Crippen LogP contribution is 2.41. The lowest BCUT2D eigenvalue weighted by atomic mass is 10.1. The Morgan fingerprint density at radius 2 is 1.83 bits per heavy atom. The quantitative estimate of drug-likeness (QED) is 0.687. The van der Waals surface area contributed by atoms with E-state index in [1.807, 2.05) is 30.9 Å². The van der Waals surface area contributed by atoms with Crippen molar-refractivity contribution in [2.75, 3.05) is 23.0 Å². The second-order valence-electron chi connectivity index (χ2n) is 7.55. The number of sulfone groups is 1. The zero-order valence-electron chi connectivity index (χ0n) is 16.5. The van der Waals surface area contributed by atoms with Crippen molar-refractivity contribution in [1.29, 1.82) is 0 Å². The third kappa shape index (κ3) is 4.66. The van der Waals surface area contributed by atoms with Crippen molar-refractivity contribution in [3.05, 3.63) is 58.6 Å². The van der Waals surface area contributed by atoms with Gasteiger partial charge in [-0.25, -0.2) is 8.42 Å². The monoisotopic (exact) mass is 464 g/mol. The number of amides is 1. The average Bonchev–Trinajstić information content (AvgIpc) is 3.11. The van der Waals surface area contributed by atoms with Gasteiger partial charge in [0.25, 0.3) is 5.91 Å². The van der Waals surface area contributed by atoms with Gasteiger partial charge in [0.2, 0.25) is 0 Å². The molecule has 9 heteroatoms. The Kier molecular flexibility index (Phi) is 5.83. The molecule has 0 bridgehead atoms. The summed E-state index contributed by atoms with van der Waals surface area (Å²) < 4.78 is 29.9. The summed E-state index contributed by atoms with van der Waals surface area (Å²) in [5.74, 6) is 0.260. The molecule has 2 aliphatic rings. The fourth-order valence-corrected chi connectivity index (χ4v) is 7.83. The molecule has 2 aromatic carbocycles. The van der Waals surface area contributed by atoms with E-state index in [1.54, 1.807) is 24.3 Å². The number of halogens is 1. The molecular formula is C21H21ClN2O4S2. The second-order valence-corrected chi connectivity index (χ2v) is 11.3. The van der Waals surface area contributed by atoms with Crippen LogP contribution in [0.1, 0.15) is 11.1 Å². The van der Waals surface area contributed by atoms with Gasteiger partial charge in [-0.05, 0) is 61.4 Å². The predicted octanol–water partition coefficient (Wildman–Crippen LogP) is 3.64. The molecule has 0 N–H and O–H groups in total. The van der Waals surface area contributed by atoms with Crippen molar-refractivity contribution in [3.8, 4) is 5.75 Å². The molecule has 4 rings (SSSR count). The standard InChI is InChI=1S/C21H21ClN2O4S2/c1-13-7-14(2)9-16(8-13)24-18-11-30(26,27)12-19(18)29-21(24)23-20(25)10-28-17-5-3-15(22)4-6-17/h3-9,18-19H,10-12H2,1-2H3/t18-,19+/m1/s1. The number of hydrogen-bond acceptors (Lipinski definition) is 5. The van der Waals surface area contributed by atoms with Crippen LogP contribution in [-0.2, 0) is 14.6 Å². The zero-order chi connectivity index (χ0) is 21.5. The first kappa shape index (κ1) is 21.2. The number of carbonyl (C=O) groups is 1. The van der Waals surface area contributed by atoms with E-state index >= 15 is 0 Å². The number of carbonyl (C=O) groups excluding carboxylic acids is 1. The van der Waals surface area contributed by atoms with Crippen LogP contribution in [0.4, 0.5) is 5.69 Å². The topological polar surface area (TPSA) is 76.0 Å². The van der Waals surface area contributed by atoms with Crippen molar-refractivity contribution in [1.82, 2.24) is 0 Å². The van der Waals surface area contributed by atoms with E-state index in [-0.39, 0.29) is 29.4 Å². The molecule has 6 nitrogen and oxygen atoms in total. The number of rotatable bonds is 4. The molecule has 158 valence electrons. The number of aliphatic imine (C=N–C) groups is 1. The molecule has 2 heterocycles. The Labute approximate surface area is 185 Å². The van der Waals surface area contributed by atoms with Crippen LogP contribution in [0.3, 0.4) is 0 Å². The fourth-order valence-electron chi connectivity index (χ4n) is 3.77. The maximum Gasteiger partial charge on any atom is 0.285 e. The van der Waals surface area contributed by atoms with Gasteiger partial charge >= 0.3 is 0 Å². The molecule has 30 heavy (non-hydrogen) atoms. The van der Waals surface area contributed by atoms with Crippen LogP contribution in [0.2, 0.25) is 5.02 Å². The van der Waals surface area contributed by atoms with Gasteiger partial charge in [0.15, 0.2) is 21.6 Å². The molecule has 2 atom stereocenters. The third-order valence-electron chi connectivity index (χ3n) is 4.95. The van der Waals surface area contributed by atoms with E-state index in [2.05, 4.69) is 11.1 Å². The molecule has 1 amide bonds. The number of nitrogens with zero attached hydrogens (tertiary/aromatic N) is 2. The predicted molar refractivity (Wildman–Crippen MR) is 122 cm³/mol. The number of anilines is 1. The summed E-state index contributed by atoms with van der Waals surface area (Å²) in [7, 11) is -3.11. The first-order valence-electron chi connectivity index (χ1n) is 9.45.